The Morgan fingerprint density at radius 1 is 1.21 bits per heavy atom. The number of likely N-dealkylation sites (tertiary alicyclic amines) is 1. The first-order valence-corrected chi connectivity index (χ1v) is 11.9. The number of amides is 2. The number of nitrogens with zero attached hydrogens (tertiary/aromatic N) is 5. The van der Waals surface area contributed by atoms with Crippen LogP contribution in [0.3, 0.4) is 0 Å². The average Bonchev–Trinajstić information content (AvgIpc) is 3.55. The zero-order chi connectivity index (χ0) is 27.7. The first kappa shape index (κ1) is 25.8. The van der Waals surface area contributed by atoms with Crippen LogP contribution in [0.15, 0.2) is 65.2 Å². The summed E-state index contributed by atoms with van der Waals surface area (Å²) in [6.07, 6.45) is 0.291. The molecule has 2 amide bonds. The van der Waals surface area contributed by atoms with Gasteiger partial charge in [0.2, 0.25) is 0 Å². The van der Waals surface area contributed by atoms with Gasteiger partial charge in [-0.25, -0.2) is 15.8 Å². The number of carbonyl (C=O) groups excluding carboxylic acids is 2. The number of benzene rings is 1. The second-order valence-electron chi connectivity index (χ2n) is 8.92. The van der Waals surface area contributed by atoms with Gasteiger partial charge in [-0.3, -0.25) is 25.0 Å². The fourth-order valence-electron chi connectivity index (χ4n) is 4.56. The number of alkyl halides is 3. The summed E-state index contributed by atoms with van der Waals surface area (Å²) in [5.74, 6) is 10.4. The molecule has 5 rings (SSSR count). The van der Waals surface area contributed by atoms with Crippen LogP contribution in [0.1, 0.15) is 34.8 Å². The van der Waals surface area contributed by atoms with Gasteiger partial charge in [-0.15, -0.1) is 0 Å². The van der Waals surface area contributed by atoms with E-state index in [0.29, 0.717) is 36.5 Å². The van der Waals surface area contributed by atoms with Gasteiger partial charge in [0.05, 0.1) is 23.5 Å². The van der Waals surface area contributed by atoms with Gasteiger partial charge in [0.15, 0.2) is 0 Å². The summed E-state index contributed by atoms with van der Waals surface area (Å²) in [4.78, 5) is 34.6. The molecule has 0 unspecified atom stereocenters. The maximum atomic E-state index is 13.0. The molecular formula is C26H23F3N8O2. The number of halogens is 3. The maximum absolute atomic E-state index is 13.0. The number of aliphatic imine (C=N–C) groups is 1. The first-order chi connectivity index (χ1) is 18.7. The van der Waals surface area contributed by atoms with E-state index in [-0.39, 0.29) is 23.3 Å². The van der Waals surface area contributed by atoms with Crippen LogP contribution in [0.5, 0.6) is 0 Å². The Hall–Kier alpha value is -4.83. The Bertz CT molecular complexity index is 1470. The van der Waals surface area contributed by atoms with Gasteiger partial charge in [0.1, 0.15) is 23.6 Å². The lowest BCUT2D eigenvalue weighted by molar-refractivity contribution is -0.137. The Kier molecular flexibility index (Phi) is 6.71. The molecule has 0 bridgehead atoms. The monoisotopic (exact) mass is 536 g/mol. The number of fused-ring (bicyclic) bond motifs is 1. The third kappa shape index (κ3) is 5.14. The highest BCUT2D eigenvalue weighted by Crippen LogP contribution is 2.36. The van der Waals surface area contributed by atoms with Crippen molar-refractivity contribution < 1.29 is 22.8 Å². The van der Waals surface area contributed by atoms with Gasteiger partial charge in [-0.2, -0.15) is 13.2 Å². The van der Waals surface area contributed by atoms with E-state index < -0.39 is 17.6 Å². The van der Waals surface area contributed by atoms with Crippen LogP contribution < -0.4 is 16.6 Å². The number of hydrogen-bond donors (Lipinski definition) is 3. The minimum Gasteiger partial charge on any atom is -0.330 e. The lowest BCUT2D eigenvalue weighted by Gasteiger charge is -2.29. The van der Waals surface area contributed by atoms with Crippen molar-refractivity contribution in [2.24, 2.45) is 10.8 Å². The molecule has 4 heterocycles. The SMILES string of the molecule is CC#CC(=O)N1CC[C@@H](N2NC(c3ccc(C(=O)Nc4cc(C(F)(F)F)ccn4)cc3)=C3C2=CN=CN3N)C1. The van der Waals surface area contributed by atoms with Gasteiger partial charge in [-0.1, -0.05) is 18.1 Å². The molecule has 13 heteroatoms. The van der Waals surface area contributed by atoms with Gasteiger partial charge in [-0.05, 0) is 43.5 Å². The zero-order valence-corrected chi connectivity index (χ0v) is 20.7. The number of rotatable bonds is 4. The number of hydrogen-bond acceptors (Lipinski definition) is 8. The molecule has 0 radical (unpaired) electrons. The number of anilines is 1. The molecule has 0 aliphatic carbocycles. The van der Waals surface area contributed by atoms with Crippen molar-refractivity contribution in [3.63, 3.8) is 0 Å². The molecule has 0 saturated carbocycles. The van der Waals surface area contributed by atoms with E-state index in [1.807, 2.05) is 5.01 Å². The van der Waals surface area contributed by atoms with Crippen LogP contribution in [-0.2, 0) is 11.0 Å². The van der Waals surface area contributed by atoms with Gasteiger partial charge in [0, 0.05) is 30.4 Å². The minimum absolute atomic E-state index is 0.0573. The number of pyridine rings is 1. The van der Waals surface area contributed by atoms with E-state index in [9.17, 15) is 22.8 Å². The van der Waals surface area contributed by atoms with E-state index >= 15 is 0 Å². The zero-order valence-electron chi connectivity index (χ0n) is 20.7. The molecule has 2 aromatic rings. The van der Waals surface area contributed by atoms with Gasteiger partial charge < -0.3 is 10.2 Å². The fraction of sp³-hybridized carbons (Fsp3) is 0.231. The lowest BCUT2D eigenvalue weighted by Crippen LogP contribution is -2.43. The highest BCUT2D eigenvalue weighted by molar-refractivity contribution is 6.04. The average molecular weight is 537 g/mol. The lowest BCUT2D eigenvalue weighted by atomic mass is 10.1. The van der Waals surface area contributed by atoms with Crippen LogP contribution in [-0.4, -0.2) is 57.2 Å². The fourth-order valence-corrected chi connectivity index (χ4v) is 4.56. The highest BCUT2D eigenvalue weighted by Gasteiger charge is 2.39. The van der Waals surface area contributed by atoms with Crippen molar-refractivity contribution >= 4 is 29.7 Å². The molecule has 1 aromatic carbocycles. The van der Waals surface area contributed by atoms with Crippen molar-refractivity contribution in [2.75, 3.05) is 18.4 Å². The summed E-state index contributed by atoms with van der Waals surface area (Å²) in [6.45, 7) is 2.65. The number of nitrogens with two attached hydrogens (primary N) is 1. The molecule has 3 aliphatic rings. The van der Waals surface area contributed by atoms with E-state index in [1.54, 1.807) is 42.3 Å². The van der Waals surface area contributed by atoms with Gasteiger partial charge in [0.25, 0.3) is 11.8 Å². The number of nitrogens with one attached hydrogen (secondary N) is 2. The third-order valence-corrected chi connectivity index (χ3v) is 6.43. The smallest absolute Gasteiger partial charge is 0.330 e. The van der Waals surface area contributed by atoms with Crippen molar-refractivity contribution in [2.45, 2.75) is 25.6 Å². The molecule has 1 fully saturated rings. The van der Waals surface area contributed by atoms with Crippen LogP contribution >= 0.6 is 0 Å². The van der Waals surface area contributed by atoms with Gasteiger partial charge >= 0.3 is 6.18 Å². The summed E-state index contributed by atoms with van der Waals surface area (Å²) in [5.41, 5.74) is 5.46. The number of hydrazine groups is 2. The van der Waals surface area contributed by atoms with E-state index in [4.69, 9.17) is 5.84 Å². The maximum Gasteiger partial charge on any atom is 0.416 e. The Labute approximate surface area is 221 Å². The Balaban J connectivity index is 1.34. The molecule has 10 nitrogen and oxygen atoms in total. The van der Waals surface area contributed by atoms with E-state index in [2.05, 4.69) is 32.6 Å². The van der Waals surface area contributed by atoms with Crippen LogP contribution in [0.4, 0.5) is 19.0 Å². The Morgan fingerprint density at radius 3 is 2.69 bits per heavy atom. The standard InChI is InChI=1S/C26H23F3N8O2/c1-2-3-22(38)35-11-9-19(14-35)37-20-13-31-15-36(30)24(20)23(34-37)16-4-6-17(7-5-16)25(39)33-21-12-18(8-10-32-21)26(27,28)29/h4-8,10,12-13,15,19,34H,9,11,14,30H2,1H3,(H,32,33,39)/t19-/m1/s1. The molecular weight excluding hydrogens is 513 g/mol. The largest absolute Gasteiger partial charge is 0.416 e. The topological polar surface area (TPSA) is 119 Å². The van der Waals surface area contributed by atoms with Crippen LogP contribution in [0.25, 0.3) is 5.70 Å². The molecule has 1 atom stereocenters. The molecule has 4 N–H and O–H groups in total. The van der Waals surface area contributed by atoms with Crippen molar-refractivity contribution in [3.05, 3.63) is 76.9 Å². The van der Waals surface area contributed by atoms with E-state index in [1.165, 1.54) is 11.3 Å². The van der Waals surface area contributed by atoms with Crippen molar-refractivity contribution in [1.82, 2.24) is 25.3 Å². The Morgan fingerprint density at radius 2 is 1.97 bits per heavy atom. The summed E-state index contributed by atoms with van der Waals surface area (Å²) in [7, 11) is 0. The summed E-state index contributed by atoms with van der Waals surface area (Å²) in [5, 5.41) is 5.71. The van der Waals surface area contributed by atoms with Crippen LogP contribution in [0.2, 0.25) is 0 Å². The number of carbonyl (C=O) groups is 2. The molecule has 1 aromatic heterocycles. The predicted octanol–water partition coefficient (Wildman–Crippen LogP) is 2.52. The van der Waals surface area contributed by atoms with E-state index in [0.717, 1.165) is 24.0 Å². The molecule has 200 valence electrons. The van der Waals surface area contributed by atoms with Crippen molar-refractivity contribution in [3.8, 4) is 11.8 Å². The summed E-state index contributed by atoms with van der Waals surface area (Å²) < 4.78 is 38.9. The van der Waals surface area contributed by atoms with Crippen molar-refractivity contribution in [1.29, 1.82) is 0 Å². The minimum atomic E-state index is -4.55. The second-order valence-corrected chi connectivity index (χ2v) is 8.92. The predicted molar refractivity (Wildman–Crippen MR) is 137 cm³/mol. The highest BCUT2D eigenvalue weighted by atomic mass is 19.4. The molecule has 3 aliphatic heterocycles. The summed E-state index contributed by atoms with van der Waals surface area (Å²) in [6, 6.07) is 8.05. The van der Waals surface area contributed by atoms with Crippen LogP contribution in [0, 0.1) is 11.8 Å². The molecule has 1 saturated heterocycles. The third-order valence-electron chi connectivity index (χ3n) is 6.43. The molecule has 39 heavy (non-hydrogen) atoms. The quantitative estimate of drug-likeness (QED) is 0.406. The normalized spacial score (nSPS) is 18.3. The first-order valence-electron chi connectivity index (χ1n) is 11.9. The second kappa shape index (κ2) is 10.1. The molecule has 0 spiro atoms. The summed E-state index contributed by atoms with van der Waals surface area (Å²) >= 11 is 0. The number of aromatic nitrogens is 1.